The minimum absolute atomic E-state index is 0.0585. The van der Waals surface area contributed by atoms with Crippen molar-refractivity contribution in [1.29, 1.82) is 0 Å². The predicted octanol–water partition coefficient (Wildman–Crippen LogP) is 3.20. The first-order valence-corrected chi connectivity index (χ1v) is 12.7. The van der Waals surface area contributed by atoms with Crippen LogP contribution >= 0.6 is 11.8 Å². The predicted molar refractivity (Wildman–Crippen MR) is 117 cm³/mol. The van der Waals surface area contributed by atoms with Crippen molar-refractivity contribution in [2.24, 2.45) is 10.3 Å². The molecule has 3 aliphatic heterocycles. The fourth-order valence-electron chi connectivity index (χ4n) is 4.45. The molecule has 8 heteroatoms. The van der Waals surface area contributed by atoms with Gasteiger partial charge in [-0.25, -0.2) is 0 Å². The molecule has 0 radical (unpaired) electrons. The van der Waals surface area contributed by atoms with Gasteiger partial charge in [-0.3, -0.25) is 4.79 Å². The Hall–Kier alpha value is -2.32. The Balaban J connectivity index is 1.25. The monoisotopic (exact) mass is 441 g/mol. The lowest BCUT2D eigenvalue weighted by molar-refractivity contribution is -0.127. The van der Waals surface area contributed by atoms with Crippen molar-refractivity contribution >= 4 is 33.5 Å². The molecule has 5 rings (SSSR count). The molecule has 1 saturated heterocycles. The topological polar surface area (TPSA) is 78.8 Å². The zero-order valence-electron chi connectivity index (χ0n) is 16.5. The van der Waals surface area contributed by atoms with E-state index in [4.69, 9.17) is 0 Å². The molecule has 0 saturated carbocycles. The van der Waals surface area contributed by atoms with E-state index >= 15 is 0 Å². The van der Waals surface area contributed by atoms with Crippen LogP contribution in [0, 0.1) is 5.92 Å². The Morgan fingerprint density at radius 1 is 1.03 bits per heavy atom. The van der Waals surface area contributed by atoms with Gasteiger partial charge in [-0.2, -0.15) is 8.42 Å². The van der Waals surface area contributed by atoms with Crippen molar-refractivity contribution in [3.8, 4) is 0 Å². The number of hydrogen-bond acceptors (Lipinski definition) is 5. The molecule has 3 heterocycles. The number of thioether (sulfide) groups is 1. The molecular formula is C22H23N3O3S2. The largest absolute Gasteiger partial charge is 0.355 e. The first kappa shape index (κ1) is 19.6. The summed E-state index contributed by atoms with van der Waals surface area (Å²) >= 11 is 1.84. The molecule has 1 N–H and O–H groups in total. The number of benzene rings is 2. The van der Waals surface area contributed by atoms with Crippen molar-refractivity contribution in [1.82, 2.24) is 10.2 Å². The maximum Gasteiger partial charge on any atom is 0.285 e. The van der Waals surface area contributed by atoms with Crippen LogP contribution in [0.5, 0.6) is 0 Å². The van der Waals surface area contributed by atoms with Gasteiger partial charge in [-0.1, -0.05) is 30.3 Å². The molecular weight excluding hydrogens is 418 g/mol. The first-order chi connectivity index (χ1) is 14.5. The van der Waals surface area contributed by atoms with Gasteiger partial charge in [0.15, 0.2) is 5.84 Å². The van der Waals surface area contributed by atoms with Gasteiger partial charge in [0.1, 0.15) is 4.90 Å². The van der Waals surface area contributed by atoms with Crippen molar-refractivity contribution in [3.63, 3.8) is 0 Å². The summed E-state index contributed by atoms with van der Waals surface area (Å²) in [6, 6.07) is 15.3. The zero-order chi connectivity index (χ0) is 20.7. The quantitative estimate of drug-likeness (QED) is 0.774. The summed E-state index contributed by atoms with van der Waals surface area (Å²) in [5.41, 5.74) is 1.87. The molecule has 0 aromatic heterocycles. The third-order valence-electron chi connectivity index (χ3n) is 6.05. The van der Waals surface area contributed by atoms with Crippen LogP contribution < -0.4 is 5.32 Å². The van der Waals surface area contributed by atoms with Crippen molar-refractivity contribution in [3.05, 3.63) is 59.7 Å². The highest BCUT2D eigenvalue weighted by Gasteiger charge is 2.35. The molecule has 0 unspecified atom stereocenters. The Morgan fingerprint density at radius 3 is 2.60 bits per heavy atom. The number of nitrogens with one attached hydrogen (secondary N) is 1. The molecule has 156 valence electrons. The van der Waals surface area contributed by atoms with Gasteiger partial charge >= 0.3 is 0 Å². The van der Waals surface area contributed by atoms with Crippen LogP contribution in [-0.4, -0.2) is 43.9 Å². The van der Waals surface area contributed by atoms with Gasteiger partial charge in [0.25, 0.3) is 10.0 Å². The number of nitrogens with zero attached hydrogens (tertiary/aromatic N) is 2. The summed E-state index contributed by atoms with van der Waals surface area (Å²) in [6.45, 7) is 1.25. The van der Waals surface area contributed by atoms with Crippen LogP contribution in [0.2, 0.25) is 0 Å². The molecule has 0 bridgehead atoms. The zero-order valence-corrected chi connectivity index (χ0v) is 18.1. The van der Waals surface area contributed by atoms with E-state index in [0.29, 0.717) is 37.3 Å². The summed E-state index contributed by atoms with van der Waals surface area (Å²) < 4.78 is 28.7. The summed E-state index contributed by atoms with van der Waals surface area (Å²) in [4.78, 5) is 16.5. The Kier molecular flexibility index (Phi) is 5.06. The first-order valence-electron chi connectivity index (χ1n) is 10.2. The fourth-order valence-corrected chi connectivity index (χ4v) is 6.80. The number of fused-ring (bicyclic) bond motifs is 2. The number of likely N-dealkylation sites (tertiary alicyclic amines) is 1. The SMILES string of the molecule is O=C(N[C@H]1CCSc2ccccc21)C1CCN(C2=NS(=O)(=O)c3ccccc32)CC1. The third-order valence-corrected chi connectivity index (χ3v) is 8.50. The molecule has 0 spiro atoms. The van der Waals surface area contributed by atoms with Crippen molar-refractivity contribution < 1.29 is 13.2 Å². The molecule has 2 aromatic rings. The van der Waals surface area contributed by atoms with Gasteiger partial charge < -0.3 is 10.2 Å². The number of carbonyl (C=O) groups is 1. The second kappa shape index (κ2) is 7.74. The highest BCUT2D eigenvalue weighted by molar-refractivity contribution is 7.99. The van der Waals surface area contributed by atoms with E-state index in [1.165, 1.54) is 10.5 Å². The van der Waals surface area contributed by atoms with E-state index in [-0.39, 0.29) is 22.8 Å². The van der Waals surface area contributed by atoms with E-state index in [9.17, 15) is 13.2 Å². The van der Waals surface area contributed by atoms with Gasteiger partial charge in [-0.05, 0) is 43.0 Å². The summed E-state index contributed by atoms with van der Waals surface area (Å²) in [5.74, 6) is 1.57. The van der Waals surface area contributed by atoms with Gasteiger partial charge in [0.2, 0.25) is 5.91 Å². The molecule has 1 atom stereocenters. The number of carbonyl (C=O) groups excluding carboxylic acids is 1. The normalized spacial score (nSPS) is 22.7. The average Bonchev–Trinajstić information content (AvgIpc) is 3.05. The lowest BCUT2D eigenvalue weighted by atomic mass is 9.94. The van der Waals surface area contributed by atoms with Crippen LogP contribution in [-0.2, 0) is 14.8 Å². The second-order valence-electron chi connectivity index (χ2n) is 7.88. The van der Waals surface area contributed by atoms with Gasteiger partial charge in [-0.15, -0.1) is 16.2 Å². The van der Waals surface area contributed by atoms with Crippen LogP contribution in [0.25, 0.3) is 0 Å². The lowest BCUT2D eigenvalue weighted by Gasteiger charge is -2.34. The number of amidine groups is 1. The van der Waals surface area contributed by atoms with Crippen molar-refractivity contribution in [2.75, 3.05) is 18.8 Å². The van der Waals surface area contributed by atoms with E-state index < -0.39 is 10.0 Å². The number of amides is 1. The highest BCUT2D eigenvalue weighted by Crippen LogP contribution is 2.36. The second-order valence-corrected chi connectivity index (χ2v) is 10.6. The standard InChI is InChI=1S/C22H23N3O3S2/c26-22(23-18-11-14-29-19-7-3-1-5-16(18)19)15-9-12-25(13-10-15)21-17-6-2-4-8-20(17)30(27,28)24-21/h1-8,15,18H,9-14H2,(H,23,26)/t18-/m0/s1. The minimum atomic E-state index is -3.62. The van der Waals surface area contributed by atoms with E-state index in [2.05, 4.69) is 21.8 Å². The van der Waals surface area contributed by atoms with E-state index in [1.807, 2.05) is 34.9 Å². The summed E-state index contributed by atoms with van der Waals surface area (Å²) in [5, 5.41) is 3.26. The fraction of sp³-hybridized carbons (Fsp3) is 0.364. The van der Waals surface area contributed by atoms with Gasteiger partial charge in [0, 0.05) is 35.2 Å². The third kappa shape index (κ3) is 3.52. The van der Waals surface area contributed by atoms with E-state index in [0.717, 1.165) is 12.2 Å². The number of rotatable bonds is 2. The molecule has 1 fully saturated rings. The minimum Gasteiger partial charge on any atom is -0.355 e. The highest BCUT2D eigenvalue weighted by atomic mass is 32.2. The maximum absolute atomic E-state index is 12.9. The van der Waals surface area contributed by atoms with Crippen LogP contribution in [0.1, 0.15) is 36.4 Å². The lowest BCUT2D eigenvalue weighted by Crippen LogP contribution is -2.44. The van der Waals surface area contributed by atoms with Crippen molar-refractivity contribution in [2.45, 2.75) is 35.1 Å². The summed E-state index contributed by atoms with van der Waals surface area (Å²) in [7, 11) is -3.62. The number of sulfonamides is 1. The molecule has 2 aromatic carbocycles. The smallest absolute Gasteiger partial charge is 0.285 e. The molecule has 0 aliphatic carbocycles. The number of hydrogen-bond donors (Lipinski definition) is 1. The van der Waals surface area contributed by atoms with Crippen LogP contribution in [0.15, 0.2) is 62.7 Å². The molecule has 6 nitrogen and oxygen atoms in total. The van der Waals surface area contributed by atoms with E-state index in [1.54, 1.807) is 18.2 Å². The molecule has 1 amide bonds. The maximum atomic E-state index is 12.9. The van der Waals surface area contributed by atoms with Crippen LogP contribution in [0.3, 0.4) is 0 Å². The Morgan fingerprint density at radius 2 is 1.77 bits per heavy atom. The van der Waals surface area contributed by atoms with Gasteiger partial charge in [0.05, 0.1) is 6.04 Å². The molecule has 30 heavy (non-hydrogen) atoms. The summed E-state index contributed by atoms with van der Waals surface area (Å²) in [6.07, 6.45) is 2.32. The molecule has 3 aliphatic rings. The Bertz CT molecular complexity index is 1120. The van der Waals surface area contributed by atoms with Crippen LogP contribution in [0.4, 0.5) is 0 Å². The Labute approximate surface area is 180 Å². The average molecular weight is 442 g/mol. The number of piperidine rings is 1.